The van der Waals surface area contributed by atoms with E-state index in [1.54, 1.807) is 0 Å². The lowest BCUT2D eigenvalue weighted by atomic mass is 10.2. The molecular formula is C10H14NO4S-. The van der Waals surface area contributed by atoms with Gasteiger partial charge in [-0.15, -0.1) is 0 Å². The van der Waals surface area contributed by atoms with Crippen LogP contribution in [0.1, 0.15) is 5.56 Å². The number of aliphatic hydroxyl groups excluding tert-OH is 1. The topological polar surface area (TPSA) is 89.5 Å². The molecule has 0 spiro atoms. The molecule has 1 aromatic rings. The van der Waals surface area contributed by atoms with Gasteiger partial charge < -0.3 is 15.0 Å². The van der Waals surface area contributed by atoms with Crippen LogP contribution in [0.15, 0.2) is 30.3 Å². The quantitative estimate of drug-likeness (QED) is 0.670. The third kappa shape index (κ3) is 5.82. The van der Waals surface area contributed by atoms with Crippen LogP contribution >= 0.6 is 0 Å². The van der Waals surface area contributed by atoms with Crippen LogP contribution < -0.4 is 5.32 Å². The molecule has 6 heteroatoms. The third-order valence-corrected chi connectivity index (χ3v) is 2.74. The Morgan fingerprint density at radius 1 is 1.31 bits per heavy atom. The first-order chi connectivity index (χ1) is 7.47. The Bertz CT molecular complexity index is 404. The van der Waals surface area contributed by atoms with E-state index in [1.165, 1.54) is 0 Å². The van der Waals surface area contributed by atoms with Gasteiger partial charge in [0.05, 0.1) is 22.0 Å². The molecule has 1 rings (SSSR count). The average molecular weight is 244 g/mol. The van der Waals surface area contributed by atoms with Crippen molar-refractivity contribution < 1.29 is 18.1 Å². The molecule has 0 aliphatic carbocycles. The van der Waals surface area contributed by atoms with Crippen LogP contribution in [0.3, 0.4) is 0 Å². The van der Waals surface area contributed by atoms with Gasteiger partial charge in [0.25, 0.3) is 0 Å². The molecular weight excluding hydrogens is 230 g/mol. The Labute approximate surface area is 94.9 Å². The largest absolute Gasteiger partial charge is 0.748 e. The molecule has 2 N–H and O–H groups in total. The summed E-state index contributed by atoms with van der Waals surface area (Å²) < 4.78 is 31.0. The maximum absolute atomic E-state index is 10.3. The molecule has 90 valence electrons. The first-order valence-electron chi connectivity index (χ1n) is 4.83. The predicted molar refractivity (Wildman–Crippen MR) is 58.7 cm³/mol. The second-order valence-electron chi connectivity index (χ2n) is 3.49. The number of benzene rings is 1. The van der Waals surface area contributed by atoms with Gasteiger partial charge in [0.15, 0.2) is 0 Å². The second kappa shape index (κ2) is 5.95. The summed E-state index contributed by atoms with van der Waals surface area (Å²) in [5, 5.41) is 12.1. The predicted octanol–water partition coefficient (Wildman–Crippen LogP) is -0.318. The van der Waals surface area contributed by atoms with Crippen LogP contribution in [0.5, 0.6) is 0 Å². The summed E-state index contributed by atoms with van der Waals surface area (Å²) in [6, 6.07) is 9.47. The van der Waals surface area contributed by atoms with Crippen molar-refractivity contribution in [3.05, 3.63) is 35.9 Å². The Balaban J connectivity index is 2.26. The van der Waals surface area contributed by atoms with Crippen LogP contribution in [0.4, 0.5) is 0 Å². The number of hydrogen-bond donors (Lipinski definition) is 2. The lowest BCUT2D eigenvalue weighted by Crippen LogP contribution is -2.32. The fraction of sp³-hybridized carbons (Fsp3) is 0.400. The van der Waals surface area contributed by atoms with E-state index < -0.39 is 22.0 Å². The van der Waals surface area contributed by atoms with Gasteiger partial charge >= 0.3 is 0 Å². The molecule has 0 heterocycles. The molecule has 1 aromatic carbocycles. The minimum atomic E-state index is -4.36. The SMILES string of the molecule is O=S(=O)([O-])CC(O)CNCc1ccccc1. The summed E-state index contributed by atoms with van der Waals surface area (Å²) in [4.78, 5) is 0. The van der Waals surface area contributed by atoms with Crippen LogP contribution in [0, 0.1) is 0 Å². The van der Waals surface area contributed by atoms with Gasteiger partial charge in [0.2, 0.25) is 0 Å². The zero-order valence-corrected chi connectivity index (χ0v) is 9.48. The van der Waals surface area contributed by atoms with Gasteiger partial charge in [0.1, 0.15) is 0 Å². The van der Waals surface area contributed by atoms with E-state index in [9.17, 15) is 18.1 Å². The molecule has 0 aromatic heterocycles. The zero-order chi connectivity index (χ0) is 12.0. The molecule has 0 aliphatic heterocycles. The third-order valence-electron chi connectivity index (χ3n) is 1.95. The molecule has 1 unspecified atom stereocenters. The molecule has 0 aliphatic rings. The van der Waals surface area contributed by atoms with Crippen LogP contribution in [-0.4, -0.2) is 36.5 Å². The summed E-state index contributed by atoms with van der Waals surface area (Å²) in [6.07, 6.45) is -1.16. The van der Waals surface area contributed by atoms with Gasteiger partial charge in [-0.3, -0.25) is 0 Å². The van der Waals surface area contributed by atoms with Gasteiger partial charge in [-0.05, 0) is 5.56 Å². The number of nitrogens with one attached hydrogen (secondary N) is 1. The van der Waals surface area contributed by atoms with E-state index in [0.29, 0.717) is 6.54 Å². The van der Waals surface area contributed by atoms with Crippen LogP contribution in [0.2, 0.25) is 0 Å². The summed E-state index contributed by atoms with van der Waals surface area (Å²) in [5.74, 6) is -0.755. The van der Waals surface area contributed by atoms with Gasteiger partial charge in [-0.2, -0.15) is 0 Å². The van der Waals surface area contributed by atoms with Gasteiger partial charge in [0, 0.05) is 13.1 Å². The molecule has 0 bridgehead atoms. The minimum absolute atomic E-state index is 0.0797. The highest BCUT2D eigenvalue weighted by Gasteiger charge is 2.07. The van der Waals surface area contributed by atoms with Crippen LogP contribution in [-0.2, 0) is 16.7 Å². The van der Waals surface area contributed by atoms with E-state index in [2.05, 4.69) is 5.32 Å². The highest BCUT2D eigenvalue weighted by atomic mass is 32.2. The van der Waals surface area contributed by atoms with Gasteiger partial charge in [-0.1, -0.05) is 30.3 Å². The Hall–Kier alpha value is -0.950. The maximum Gasteiger partial charge on any atom is 0.0972 e. The van der Waals surface area contributed by atoms with E-state index in [0.717, 1.165) is 5.56 Å². The van der Waals surface area contributed by atoms with Crippen molar-refractivity contribution in [1.82, 2.24) is 5.32 Å². The highest BCUT2D eigenvalue weighted by Crippen LogP contribution is 1.97. The molecule has 0 saturated heterocycles. The van der Waals surface area contributed by atoms with E-state index in [-0.39, 0.29) is 6.54 Å². The van der Waals surface area contributed by atoms with Crippen molar-refractivity contribution in [3.63, 3.8) is 0 Å². The van der Waals surface area contributed by atoms with Crippen molar-refractivity contribution in [2.24, 2.45) is 0 Å². The Kier molecular flexibility index (Phi) is 4.88. The second-order valence-corrected chi connectivity index (χ2v) is 4.94. The summed E-state index contributed by atoms with van der Waals surface area (Å²) in [7, 11) is -4.36. The fourth-order valence-electron chi connectivity index (χ4n) is 1.27. The molecule has 0 radical (unpaired) electrons. The van der Waals surface area contributed by atoms with Gasteiger partial charge in [-0.25, -0.2) is 8.42 Å². The summed E-state index contributed by atoms with van der Waals surface area (Å²) in [6.45, 7) is 0.604. The Morgan fingerprint density at radius 2 is 1.94 bits per heavy atom. The lowest BCUT2D eigenvalue weighted by molar-refractivity contribution is 0.190. The first kappa shape index (κ1) is 13.1. The summed E-state index contributed by atoms with van der Waals surface area (Å²) in [5.41, 5.74) is 1.03. The first-order valence-corrected chi connectivity index (χ1v) is 6.41. The maximum atomic E-state index is 10.3. The van der Waals surface area contributed by atoms with E-state index in [4.69, 9.17) is 0 Å². The lowest BCUT2D eigenvalue weighted by Gasteiger charge is -2.14. The minimum Gasteiger partial charge on any atom is -0.748 e. The number of hydrogen-bond acceptors (Lipinski definition) is 5. The van der Waals surface area contributed by atoms with E-state index in [1.807, 2.05) is 30.3 Å². The summed E-state index contributed by atoms with van der Waals surface area (Å²) >= 11 is 0. The van der Waals surface area contributed by atoms with Crippen molar-refractivity contribution in [1.29, 1.82) is 0 Å². The monoisotopic (exact) mass is 244 g/mol. The fourth-order valence-corrected chi connectivity index (χ4v) is 1.86. The van der Waals surface area contributed by atoms with Crippen molar-refractivity contribution in [2.75, 3.05) is 12.3 Å². The normalized spacial score (nSPS) is 13.6. The van der Waals surface area contributed by atoms with Crippen molar-refractivity contribution >= 4 is 10.1 Å². The van der Waals surface area contributed by atoms with E-state index >= 15 is 0 Å². The number of rotatable bonds is 6. The zero-order valence-electron chi connectivity index (χ0n) is 8.67. The molecule has 0 saturated carbocycles. The molecule has 0 fully saturated rings. The highest BCUT2D eigenvalue weighted by molar-refractivity contribution is 7.85. The van der Waals surface area contributed by atoms with Crippen molar-refractivity contribution in [2.45, 2.75) is 12.6 Å². The van der Waals surface area contributed by atoms with Crippen LogP contribution in [0.25, 0.3) is 0 Å². The molecule has 0 amide bonds. The number of aliphatic hydroxyl groups is 1. The smallest absolute Gasteiger partial charge is 0.0972 e. The standard InChI is InChI=1S/C10H15NO4S/c12-10(8-16(13,14)15)7-11-6-9-4-2-1-3-5-9/h1-5,10-12H,6-8H2,(H,13,14,15)/p-1. The average Bonchev–Trinajstić information content (AvgIpc) is 2.16. The molecule has 5 nitrogen and oxygen atoms in total. The molecule has 1 atom stereocenters. The Morgan fingerprint density at radius 3 is 2.50 bits per heavy atom. The molecule has 16 heavy (non-hydrogen) atoms. The van der Waals surface area contributed by atoms with Crippen molar-refractivity contribution in [3.8, 4) is 0 Å².